The second-order valence-electron chi connectivity index (χ2n) is 5.13. The Morgan fingerprint density at radius 3 is 2.44 bits per heavy atom. The van der Waals surface area contributed by atoms with Crippen molar-refractivity contribution in [2.24, 2.45) is 0 Å². The molecule has 0 aliphatic rings. The van der Waals surface area contributed by atoms with E-state index in [1.165, 1.54) is 35.3 Å². The third kappa shape index (κ3) is 4.93. The average Bonchev–Trinajstić information content (AvgIpc) is 3.08. The number of alkyl halides is 3. The Balaban J connectivity index is 1.62. The number of benzene rings is 1. The Labute approximate surface area is 149 Å². The average molecular weight is 380 g/mol. The fourth-order valence-electron chi connectivity index (χ4n) is 2.02. The van der Waals surface area contributed by atoms with E-state index in [1.54, 1.807) is 0 Å². The highest BCUT2D eigenvalue weighted by molar-refractivity contribution is 5.87. The van der Waals surface area contributed by atoms with Gasteiger partial charge in [0, 0.05) is 12.3 Å². The molecule has 0 spiro atoms. The van der Waals surface area contributed by atoms with E-state index in [9.17, 15) is 18.0 Å². The first-order chi connectivity index (χ1) is 12.8. The number of ether oxygens (including phenoxy) is 2. The standard InChI is InChI=1S/C16H11F3N4O4/c17-16(18,19)27-12-4-2-11(3-5-12)23-9-21-13(22-23)8-26-14-6-1-10(7-20-14)15(24)25/h1-7,9H,8H2,(H,24,25). The number of rotatable bonds is 6. The van der Waals surface area contributed by atoms with E-state index in [2.05, 4.69) is 19.8 Å². The maximum atomic E-state index is 12.2. The fourth-order valence-corrected chi connectivity index (χ4v) is 2.02. The molecule has 2 aromatic heterocycles. The maximum absolute atomic E-state index is 12.2. The minimum Gasteiger partial charge on any atom is -0.478 e. The quantitative estimate of drug-likeness (QED) is 0.702. The summed E-state index contributed by atoms with van der Waals surface area (Å²) >= 11 is 0. The van der Waals surface area contributed by atoms with Crippen LogP contribution in [0.1, 0.15) is 16.2 Å². The van der Waals surface area contributed by atoms with Crippen molar-refractivity contribution >= 4 is 5.97 Å². The van der Waals surface area contributed by atoms with Gasteiger partial charge in [-0.1, -0.05) is 0 Å². The topological polar surface area (TPSA) is 99.4 Å². The number of hydrogen-bond acceptors (Lipinski definition) is 6. The van der Waals surface area contributed by atoms with Crippen LogP contribution in [0.15, 0.2) is 48.9 Å². The molecular formula is C16H11F3N4O4. The molecule has 0 aliphatic carbocycles. The molecule has 0 saturated heterocycles. The lowest BCUT2D eigenvalue weighted by molar-refractivity contribution is -0.274. The van der Waals surface area contributed by atoms with Gasteiger partial charge < -0.3 is 14.6 Å². The Kier molecular flexibility index (Phi) is 4.92. The summed E-state index contributed by atoms with van der Waals surface area (Å²) in [5, 5.41) is 12.9. The van der Waals surface area contributed by atoms with Crippen LogP contribution in [0.25, 0.3) is 5.69 Å². The van der Waals surface area contributed by atoms with Crippen LogP contribution in [-0.2, 0) is 6.61 Å². The first-order valence-corrected chi connectivity index (χ1v) is 7.39. The minimum atomic E-state index is -4.75. The molecule has 3 rings (SSSR count). The first kappa shape index (κ1) is 18.2. The molecular weight excluding hydrogens is 369 g/mol. The molecule has 2 heterocycles. The first-order valence-electron chi connectivity index (χ1n) is 7.39. The molecule has 0 amide bonds. The molecule has 27 heavy (non-hydrogen) atoms. The predicted molar refractivity (Wildman–Crippen MR) is 83.6 cm³/mol. The summed E-state index contributed by atoms with van der Waals surface area (Å²) in [5.41, 5.74) is 0.509. The van der Waals surface area contributed by atoms with E-state index in [-0.39, 0.29) is 23.8 Å². The number of halogens is 3. The van der Waals surface area contributed by atoms with Crippen molar-refractivity contribution in [1.29, 1.82) is 0 Å². The lowest BCUT2D eigenvalue weighted by Crippen LogP contribution is -2.17. The Morgan fingerprint density at radius 2 is 1.85 bits per heavy atom. The SMILES string of the molecule is O=C(O)c1ccc(OCc2ncn(-c3ccc(OC(F)(F)F)cc3)n2)nc1. The van der Waals surface area contributed by atoms with E-state index in [0.717, 1.165) is 18.3 Å². The Morgan fingerprint density at radius 1 is 1.11 bits per heavy atom. The van der Waals surface area contributed by atoms with E-state index in [4.69, 9.17) is 9.84 Å². The van der Waals surface area contributed by atoms with Crippen LogP contribution in [-0.4, -0.2) is 37.2 Å². The lowest BCUT2D eigenvalue weighted by Gasteiger charge is -2.09. The van der Waals surface area contributed by atoms with Crippen molar-refractivity contribution in [3.63, 3.8) is 0 Å². The summed E-state index contributed by atoms with van der Waals surface area (Å²) in [6, 6.07) is 7.86. The Bertz CT molecular complexity index is 924. The molecule has 1 N–H and O–H groups in total. The van der Waals surface area contributed by atoms with Crippen molar-refractivity contribution in [3.05, 3.63) is 60.3 Å². The Hall–Kier alpha value is -3.63. The minimum absolute atomic E-state index is 0.0261. The zero-order valence-corrected chi connectivity index (χ0v) is 13.4. The third-order valence-corrected chi connectivity index (χ3v) is 3.21. The molecule has 3 aromatic rings. The number of hydrogen-bond donors (Lipinski definition) is 1. The molecule has 8 nitrogen and oxygen atoms in total. The zero-order valence-electron chi connectivity index (χ0n) is 13.4. The van der Waals surface area contributed by atoms with Crippen LogP contribution in [0, 0.1) is 0 Å². The number of carbonyl (C=O) groups is 1. The fraction of sp³-hybridized carbons (Fsp3) is 0.125. The van der Waals surface area contributed by atoms with Gasteiger partial charge in [-0.3, -0.25) is 0 Å². The predicted octanol–water partition coefficient (Wildman–Crippen LogP) is 2.84. The number of nitrogens with zero attached hydrogens (tertiary/aromatic N) is 4. The molecule has 0 bridgehead atoms. The number of carboxylic acids is 1. The number of pyridine rings is 1. The van der Waals surface area contributed by atoms with E-state index in [1.807, 2.05) is 0 Å². The maximum Gasteiger partial charge on any atom is 0.573 e. The molecule has 140 valence electrons. The van der Waals surface area contributed by atoms with Crippen molar-refractivity contribution in [2.75, 3.05) is 0 Å². The number of aromatic nitrogens is 4. The molecule has 11 heteroatoms. The third-order valence-electron chi connectivity index (χ3n) is 3.21. The number of aromatic carboxylic acids is 1. The summed E-state index contributed by atoms with van der Waals surface area (Å²) in [5.74, 6) is -0.938. The van der Waals surface area contributed by atoms with E-state index in [0.29, 0.717) is 11.5 Å². The van der Waals surface area contributed by atoms with Gasteiger partial charge in [-0.25, -0.2) is 19.4 Å². The van der Waals surface area contributed by atoms with Crippen LogP contribution in [0.3, 0.4) is 0 Å². The van der Waals surface area contributed by atoms with Gasteiger partial charge in [-0.05, 0) is 30.3 Å². The second-order valence-corrected chi connectivity index (χ2v) is 5.13. The van der Waals surface area contributed by atoms with Crippen LogP contribution in [0.4, 0.5) is 13.2 Å². The zero-order chi connectivity index (χ0) is 19.4. The smallest absolute Gasteiger partial charge is 0.478 e. The summed E-state index contributed by atoms with van der Waals surface area (Å²) in [7, 11) is 0. The van der Waals surface area contributed by atoms with Gasteiger partial charge >= 0.3 is 12.3 Å². The van der Waals surface area contributed by atoms with Crippen LogP contribution >= 0.6 is 0 Å². The molecule has 0 unspecified atom stereocenters. The molecule has 0 fully saturated rings. The largest absolute Gasteiger partial charge is 0.573 e. The highest BCUT2D eigenvalue weighted by Gasteiger charge is 2.30. The molecule has 0 saturated carbocycles. The van der Waals surface area contributed by atoms with Crippen molar-refractivity contribution < 1.29 is 32.5 Å². The lowest BCUT2D eigenvalue weighted by atomic mass is 10.3. The summed E-state index contributed by atoms with van der Waals surface area (Å²) < 4.78 is 47.0. The normalized spacial score (nSPS) is 11.2. The van der Waals surface area contributed by atoms with Gasteiger partial charge in [0.15, 0.2) is 12.4 Å². The van der Waals surface area contributed by atoms with Gasteiger partial charge in [0.05, 0.1) is 11.3 Å². The van der Waals surface area contributed by atoms with Gasteiger partial charge in [-0.15, -0.1) is 18.3 Å². The molecule has 1 aromatic carbocycles. The van der Waals surface area contributed by atoms with Crippen LogP contribution < -0.4 is 9.47 Å². The van der Waals surface area contributed by atoms with Crippen molar-refractivity contribution in [2.45, 2.75) is 13.0 Å². The highest BCUT2D eigenvalue weighted by Crippen LogP contribution is 2.23. The van der Waals surface area contributed by atoms with Gasteiger partial charge in [0.1, 0.15) is 12.1 Å². The summed E-state index contributed by atoms with van der Waals surface area (Å²) in [6.45, 7) is -0.0261. The second kappa shape index (κ2) is 7.32. The van der Waals surface area contributed by atoms with Gasteiger partial charge in [-0.2, -0.15) is 0 Å². The van der Waals surface area contributed by atoms with E-state index < -0.39 is 12.3 Å². The van der Waals surface area contributed by atoms with Crippen LogP contribution in [0.2, 0.25) is 0 Å². The van der Waals surface area contributed by atoms with Gasteiger partial charge in [0.2, 0.25) is 5.88 Å². The molecule has 0 aliphatic heterocycles. The van der Waals surface area contributed by atoms with Crippen molar-refractivity contribution in [1.82, 2.24) is 19.7 Å². The highest BCUT2D eigenvalue weighted by atomic mass is 19.4. The molecule has 0 atom stereocenters. The molecule has 0 radical (unpaired) electrons. The summed E-state index contributed by atoms with van der Waals surface area (Å²) in [4.78, 5) is 18.6. The monoisotopic (exact) mass is 380 g/mol. The number of carboxylic acid groups (broad SMARTS) is 1. The van der Waals surface area contributed by atoms with Gasteiger partial charge in [0.25, 0.3) is 0 Å². The van der Waals surface area contributed by atoms with Crippen molar-refractivity contribution in [3.8, 4) is 17.3 Å². The van der Waals surface area contributed by atoms with E-state index >= 15 is 0 Å². The van der Waals surface area contributed by atoms with Crippen LogP contribution in [0.5, 0.6) is 11.6 Å². The summed E-state index contributed by atoms with van der Waals surface area (Å²) in [6.07, 6.45) is -2.22.